The molecule has 0 radical (unpaired) electrons. The summed E-state index contributed by atoms with van der Waals surface area (Å²) in [6, 6.07) is 11.5. The van der Waals surface area contributed by atoms with Crippen molar-refractivity contribution in [2.24, 2.45) is 0 Å². The Labute approximate surface area is 161 Å². The number of carbonyl (C=O) groups excluding carboxylic acids is 1. The molecular weight excluding hydrogens is 362 g/mol. The number of rotatable bonds is 5. The molecule has 7 nitrogen and oxygen atoms in total. The lowest BCUT2D eigenvalue weighted by atomic mass is 10.1. The van der Waals surface area contributed by atoms with Crippen molar-refractivity contribution < 1.29 is 4.79 Å². The first-order chi connectivity index (χ1) is 12.7. The Morgan fingerprint density at radius 3 is 2.48 bits per heavy atom. The van der Waals surface area contributed by atoms with Gasteiger partial charge in [-0.15, -0.1) is 5.10 Å². The third-order valence-electron chi connectivity index (χ3n) is 3.73. The van der Waals surface area contributed by atoms with Crippen molar-refractivity contribution in [3.05, 3.63) is 58.0 Å². The van der Waals surface area contributed by atoms with Crippen molar-refractivity contribution in [2.75, 3.05) is 0 Å². The van der Waals surface area contributed by atoms with Crippen LogP contribution in [0.4, 0.5) is 0 Å². The van der Waals surface area contributed by atoms with Crippen LogP contribution in [0.1, 0.15) is 31.9 Å². The summed E-state index contributed by atoms with van der Waals surface area (Å²) in [7, 11) is 0. The molecule has 3 rings (SSSR count). The van der Waals surface area contributed by atoms with Gasteiger partial charge in [0.15, 0.2) is 5.65 Å². The van der Waals surface area contributed by atoms with E-state index >= 15 is 0 Å². The number of carbonyl (C=O) groups is 1. The molecule has 0 aliphatic rings. The minimum Gasteiger partial charge on any atom is -0.350 e. The fraction of sp³-hybridized carbons (Fsp3) is 0.368. The van der Waals surface area contributed by atoms with Gasteiger partial charge in [0, 0.05) is 11.3 Å². The van der Waals surface area contributed by atoms with Crippen LogP contribution in [0.3, 0.4) is 0 Å². The van der Waals surface area contributed by atoms with Crippen LogP contribution in [-0.2, 0) is 17.9 Å². The molecule has 0 bridgehead atoms. The van der Waals surface area contributed by atoms with Crippen LogP contribution >= 0.6 is 11.8 Å². The highest BCUT2D eigenvalue weighted by Gasteiger charge is 2.16. The van der Waals surface area contributed by atoms with E-state index in [1.54, 1.807) is 17.8 Å². The van der Waals surface area contributed by atoms with Gasteiger partial charge in [-0.3, -0.25) is 4.79 Å². The topological polar surface area (TPSA) is 81.3 Å². The van der Waals surface area contributed by atoms with Gasteiger partial charge in [-0.1, -0.05) is 62.4 Å². The predicted octanol–water partition coefficient (Wildman–Crippen LogP) is 2.41. The molecule has 0 atom stereocenters. The summed E-state index contributed by atoms with van der Waals surface area (Å²) in [6.45, 7) is 8.51. The largest absolute Gasteiger partial charge is 0.367 e. The van der Waals surface area contributed by atoms with Crippen LogP contribution in [0.15, 0.2) is 46.2 Å². The molecule has 1 amide bonds. The van der Waals surface area contributed by atoms with Gasteiger partial charge in [-0.05, 0) is 24.6 Å². The van der Waals surface area contributed by atoms with E-state index in [9.17, 15) is 9.59 Å². The zero-order chi connectivity index (χ0) is 19.6. The summed E-state index contributed by atoms with van der Waals surface area (Å²) in [5.41, 5.74) is 2.16. The Bertz CT molecular complexity index is 1020. The van der Waals surface area contributed by atoms with Gasteiger partial charge in [0.25, 0.3) is 0 Å². The maximum absolute atomic E-state index is 12.5. The maximum Gasteiger partial charge on any atom is 0.367 e. The lowest BCUT2D eigenvalue weighted by Crippen LogP contribution is -2.32. The highest BCUT2D eigenvalue weighted by molar-refractivity contribution is 8.00. The van der Waals surface area contributed by atoms with E-state index in [1.165, 1.54) is 4.52 Å². The molecule has 8 heteroatoms. The molecule has 142 valence electrons. The molecule has 1 N–H and O–H groups in total. The summed E-state index contributed by atoms with van der Waals surface area (Å²) in [4.78, 5) is 24.7. The monoisotopic (exact) mass is 385 g/mol. The normalized spacial score (nSPS) is 11.7. The van der Waals surface area contributed by atoms with Crippen LogP contribution < -0.4 is 11.0 Å². The highest BCUT2D eigenvalue weighted by Crippen LogP contribution is 2.29. The molecule has 2 aromatic heterocycles. The van der Waals surface area contributed by atoms with Gasteiger partial charge in [0.1, 0.15) is 11.6 Å². The number of amides is 1. The molecule has 0 saturated heterocycles. The average Bonchev–Trinajstić information content (AvgIpc) is 2.89. The Morgan fingerprint density at radius 1 is 1.11 bits per heavy atom. The van der Waals surface area contributed by atoms with Crippen molar-refractivity contribution in [1.82, 2.24) is 24.7 Å². The van der Waals surface area contributed by atoms with E-state index < -0.39 is 5.69 Å². The second-order valence-electron chi connectivity index (χ2n) is 7.36. The number of benzene rings is 1. The second kappa shape index (κ2) is 7.56. The van der Waals surface area contributed by atoms with Crippen LogP contribution in [0.25, 0.3) is 5.65 Å². The Balaban J connectivity index is 1.70. The first kappa shape index (κ1) is 19.2. The summed E-state index contributed by atoms with van der Waals surface area (Å²) < 4.78 is 2.36. The first-order valence-electron chi connectivity index (χ1n) is 8.69. The second-order valence-corrected chi connectivity index (χ2v) is 9.21. The number of thioether (sulfide) groups is 1. The van der Waals surface area contributed by atoms with E-state index in [-0.39, 0.29) is 17.2 Å². The molecule has 3 aromatic rings. The summed E-state index contributed by atoms with van der Waals surface area (Å²) >= 11 is 1.57. The molecule has 0 saturated carbocycles. The molecule has 27 heavy (non-hydrogen) atoms. The molecule has 0 aliphatic heterocycles. The zero-order valence-corrected chi connectivity index (χ0v) is 16.7. The van der Waals surface area contributed by atoms with Crippen LogP contribution in [0.5, 0.6) is 0 Å². The molecule has 1 aromatic carbocycles. The number of hydrogen-bond acceptors (Lipinski definition) is 5. The average molecular weight is 385 g/mol. The molecule has 2 heterocycles. The Morgan fingerprint density at radius 2 is 1.81 bits per heavy atom. The minimum atomic E-state index is -0.424. The summed E-state index contributed by atoms with van der Waals surface area (Å²) in [5.74, 6) is -0.273. The van der Waals surface area contributed by atoms with Crippen LogP contribution in [-0.4, -0.2) is 30.0 Å². The van der Waals surface area contributed by atoms with E-state index in [4.69, 9.17) is 0 Å². The fourth-order valence-electron chi connectivity index (χ4n) is 2.46. The first-order valence-corrected chi connectivity index (χ1v) is 9.51. The lowest BCUT2D eigenvalue weighted by Gasteiger charge is -2.16. The van der Waals surface area contributed by atoms with E-state index in [1.807, 2.05) is 37.3 Å². The third-order valence-corrected chi connectivity index (χ3v) is 4.77. The molecule has 0 aliphatic carbocycles. The van der Waals surface area contributed by atoms with Gasteiger partial charge >= 0.3 is 5.69 Å². The fourth-order valence-corrected chi connectivity index (χ4v) is 3.35. The molecule has 0 unspecified atom stereocenters. The number of hydrogen-bond donors (Lipinski definition) is 1. The van der Waals surface area contributed by atoms with Gasteiger partial charge in [-0.2, -0.15) is 9.61 Å². The van der Waals surface area contributed by atoms with Crippen molar-refractivity contribution in [2.45, 2.75) is 50.6 Å². The third kappa shape index (κ3) is 4.97. The molecule has 0 fully saturated rings. The van der Waals surface area contributed by atoms with Crippen molar-refractivity contribution in [1.29, 1.82) is 0 Å². The minimum absolute atomic E-state index is 0.0177. The standard InChI is InChI=1S/C19H23N5O2S/c1-13-5-7-14(8-6-13)11-20-16(25)12-23-18(26)24-15(21-23)9-10-17(22-24)27-19(2,3)4/h5-10H,11-12H2,1-4H3,(H,20,25). The van der Waals surface area contributed by atoms with Crippen LogP contribution in [0.2, 0.25) is 0 Å². The van der Waals surface area contributed by atoms with E-state index in [0.717, 1.165) is 20.8 Å². The summed E-state index contributed by atoms with van der Waals surface area (Å²) in [6.07, 6.45) is 0. The van der Waals surface area contributed by atoms with E-state index in [0.29, 0.717) is 12.2 Å². The van der Waals surface area contributed by atoms with Crippen molar-refractivity contribution in [3.63, 3.8) is 0 Å². The molecular formula is C19H23N5O2S. The SMILES string of the molecule is Cc1ccc(CNC(=O)Cn2nc3ccc(SC(C)(C)C)nn3c2=O)cc1. The van der Waals surface area contributed by atoms with Gasteiger partial charge in [0.05, 0.1) is 0 Å². The number of nitrogens with zero attached hydrogens (tertiary/aromatic N) is 4. The number of fused-ring (bicyclic) bond motifs is 1. The number of aromatic nitrogens is 4. The lowest BCUT2D eigenvalue weighted by molar-refractivity contribution is -0.122. The predicted molar refractivity (Wildman–Crippen MR) is 106 cm³/mol. The quantitative estimate of drug-likeness (QED) is 0.682. The smallest absolute Gasteiger partial charge is 0.350 e. The summed E-state index contributed by atoms with van der Waals surface area (Å²) in [5, 5.41) is 12.1. The van der Waals surface area contributed by atoms with Crippen molar-refractivity contribution in [3.8, 4) is 0 Å². The van der Waals surface area contributed by atoms with E-state index in [2.05, 4.69) is 36.3 Å². The van der Waals surface area contributed by atoms with Crippen molar-refractivity contribution >= 4 is 23.3 Å². The maximum atomic E-state index is 12.5. The van der Waals surface area contributed by atoms with Gasteiger partial charge in [-0.25, -0.2) is 9.48 Å². The number of nitrogens with one attached hydrogen (secondary N) is 1. The molecule has 0 spiro atoms. The van der Waals surface area contributed by atoms with Gasteiger partial charge in [0.2, 0.25) is 5.91 Å². The zero-order valence-electron chi connectivity index (χ0n) is 15.9. The van der Waals surface area contributed by atoms with Crippen LogP contribution in [0, 0.1) is 6.92 Å². The Kier molecular flexibility index (Phi) is 5.36. The Hall–Kier alpha value is -2.61. The number of aryl methyl sites for hydroxylation is 1. The highest BCUT2D eigenvalue weighted by atomic mass is 32.2. The van der Waals surface area contributed by atoms with Gasteiger partial charge < -0.3 is 5.32 Å².